The Labute approximate surface area is 197 Å². The van der Waals surface area contributed by atoms with Crippen molar-refractivity contribution in [1.82, 2.24) is 9.97 Å². The van der Waals surface area contributed by atoms with Crippen molar-refractivity contribution < 1.29 is 0 Å². The highest BCUT2D eigenvalue weighted by Crippen LogP contribution is 2.35. The van der Waals surface area contributed by atoms with E-state index in [1.165, 1.54) is 32.7 Å². The Morgan fingerprint density at radius 2 is 0.971 bits per heavy atom. The lowest BCUT2D eigenvalue weighted by atomic mass is 9.97. The summed E-state index contributed by atoms with van der Waals surface area (Å²) in [6, 6.07) is 40.6. The molecule has 0 aliphatic carbocycles. The molecule has 0 aliphatic heterocycles. The van der Waals surface area contributed by atoms with Crippen LogP contribution in [0.5, 0.6) is 0 Å². The lowest BCUT2D eigenvalue weighted by Gasteiger charge is -2.11. The van der Waals surface area contributed by atoms with Gasteiger partial charge in [0.1, 0.15) is 0 Å². The molecule has 34 heavy (non-hydrogen) atoms. The fraction of sp³-hybridized carbons (Fsp3) is 0. The molecule has 2 heteroatoms. The molecule has 1 aromatic heterocycles. The Kier molecular flexibility index (Phi) is 4.18. The van der Waals surface area contributed by atoms with E-state index in [0.717, 1.165) is 33.1 Å². The zero-order valence-electron chi connectivity index (χ0n) is 18.4. The first-order chi connectivity index (χ1) is 16.9. The van der Waals surface area contributed by atoms with Gasteiger partial charge in [-0.05, 0) is 32.7 Å². The molecule has 158 valence electrons. The first-order valence-corrected chi connectivity index (χ1v) is 11.5. The molecular formula is C32H20N2. The summed E-state index contributed by atoms with van der Waals surface area (Å²) in [7, 11) is 0. The van der Waals surface area contributed by atoms with E-state index in [9.17, 15) is 0 Å². The summed E-state index contributed by atoms with van der Waals surface area (Å²) < 4.78 is 0. The topological polar surface area (TPSA) is 25.8 Å². The van der Waals surface area contributed by atoms with Crippen molar-refractivity contribution in [1.29, 1.82) is 0 Å². The molecule has 0 saturated carbocycles. The minimum Gasteiger partial charge on any atom is -0.252 e. The Morgan fingerprint density at radius 3 is 1.71 bits per heavy atom. The second kappa shape index (κ2) is 7.50. The number of nitrogens with zero attached hydrogens (tertiary/aromatic N) is 2. The van der Waals surface area contributed by atoms with Crippen LogP contribution in [0, 0.1) is 0 Å². The van der Waals surface area contributed by atoms with Crippen LogP contribution < -0.4 is 0 Å². The molecule has 0 unspecified atom stereocenters. The molecule has 7 rings (SSSR count). The van der Waals surface area contributed by atoms with E-state index < -0.39 is 0 Å². The van der Waals surface area contributed by atoms with Crippen molar-refractivity contribution in [3.8, 4) is 22.4 Å². The van der Waals surface area contributed by atoms with E-state index in [0.29, 0.717) is 0 Å². The molecular weight excluding hydrogens is 412 g/mol. The summed E-state index contributed by atoms with van der Waals surface area (Å²) in [5.41, 5.74) is 6.29. The highest BCUT2D eigenvalue weighted by Gasteiger charge is 2.12. The van der Waals surface area contributed by atoms with Crippen LogP contribution in [0.4, 0.5) is 0 Å². The highest BCUT2D eigenvalue weighted by molar-refractivity contribution is 6.23. The lowest BCUT2D eigenvalue weighted by Crippen LogP contribution is -1.92. The molecule has 0 N–H and O–H groups in total. The van der Waals surface area contributed by atoms with Crippen molar-refractivity contribution in [2.45, 2.75) is 0 Å². The Balaban J connectivity index is 1.39. The van der Waals surface area contributed by atoms with Crippen LogP contribution in [0.25, 0.3) is 65.7 Å². The maximum absolute atomic E-state index is 5.11. The average Bonchev–Trinajstić information content (AvgIpc) is 2.93. The van der Waals surface area contributed by atoms with Gasteiger partial charge in [0.05, 0.1) is 22.9 Å². The number of hydrogen-bond acceptors (Lipinski definition) is 2. The largest absolute Gasteiger partial charge is 0.252 e. The molecule has 2 nitrogen and oxygen atoms in total. The van der Waals surface area contributed by atoms with Gasteiger partial charge in [0, 0.05) is 16.3 Å². The number of benzene rings is 6. The summed E-state index contributed by atoms with van der Waals surface area (Å²) in [6.45, 7) is 0. The second-order valence-corrected chi connectivity index (χ2v) is 8.65. The van der Waals surface area contributed by atoms with Crippen molar-refractivity contribution in [2.75, 3.05) is 0 Å². The van der Waals surface area contributed by atoms with E-state index in [4.69, 9.17) is 9.97 Å². The summed E-state index contributed by atoms with van der Waals surface area (Å²) in [4.78, 5) is 10.0. The van der Waals surface area contributed by atoms with Crippen molar-refractivity contribution >= 4 is 43.4 Å². The molecule has 7 aromatic rings. The quantitative estimate of drug-likeness (QED) is 0.256. The van der Waals surface area contributed by atoms with Crippen LogP contribution in [-0.4, -0.2) is 9.97 Å². The third-order valence-electron chi connectivity index (χ3n) is 6.71. The standard InChI is InChI=1S/C32H20N2/c1-2-10-24-21(8-1)9-7-15-25(24)22-16-18-23(19-17-22)30-20-33-31-28-13-5-3-11-26(28)27-12-4-6-14-29(27)32(31)34-30/h1-20H. The van der Waals surface area contributed by atoms with Gasteiger partial charge in [0.25, 0.3) is 0 Å². The molecule has 0 bridgehead atoms. The maximum atomic E-state index is 5.11. The fourth-order valence-electron chi connectivity index (χ4n) is 5.06. The SMILES string of the molecule is c1ccc2c(-c3ccc(-c4cnc5c6ccccc6c6ccccc6c5n4)cc3)cccc2c1. The van der Waals surface area contributed by atoms with Crippen LogP contribution >= 0.6 is 0 Å². The molecule has 1 heterocycles. The van der Waals surface area contributed by atoms with Gasteiger partial charge < -0.3 is 0 Å². The van der Waals surface area contributed by atoms with E-state index >= 15 is 0 Å². The number of aromatic nitrogens is 2. The summed E-state index contributed by atoms with van der Waals surface area (Å²) in [6.07, 6.45) is 1.90. The van der Waals surface area contributed by atoms with E-state index in [1.807, 2.05) is 6.20 Å². The number of fused-ring (bicyclic) bond motifs is 7. The lowest BCUT2D eigenvalue weighted by molar-refractivity contribution is 1.31. The Bertz CT molecular complexity index is 1810. The molecule has 0 aliphatic rings. The normalized spacial score (nSPS) is 11.5. The zero-order valence-corrected chi connectivity index (χ0v) is 18.4. The summed E-state index contributed by atoms with van der Waals surface area (Å²) >= 11 is 0. The molecule has 0 atom stereocenters. The van der Waals surface area contributed by atoms with Gasteiger partial charge in [-0.2, -0.15) is 0 Å². The summed E-state index contributed by atoms with van der Waals surface area (Å²) in [5.74, 6) is 0. The molecule has 0 saturated heterocycles. The van der Waals surface area contributed by atoms with Crippen LogP contribution in [0.15, 0.2) is 121 Å². The van der Waals surface area contributed by atoms with Crippen molar-refractivity contribution in [3.05, 3.63) is 121 Å². The molecule has 0 fully saturated rings. The predicted octanol–water partition coefficient (Wildman–Crippen LogP) is 8.42. The monoisotopic (exact) mass is 432 g/mol. The van der Waals surface area contributed by atoms with E-state index in [1.54, 1.807) is 0 Å². The molecule has 6 aromatic carbocycles. The first kappa shape index (κ1) is 19.0. The molecule has 0 radical (unpaired) electrons. The minimum absolute atomic E-state index is 0.886. The zero-order chi connectivity index (χ0) is 22.5. The van der Waals surface area contributed by atoms with Gasteiger partial charge >= 0.3 is 0 Å². The Hall–Kier alpha value is -4.56. The van der Waals surface area contributed by atoms with Gasteiger partial charge in [0.2, 0.25) is 0 Å². The van der Waals surface area contributed by atoms with Gasteiger partial charge in [-0.15, -0.1) is 0 Å². The minimum atomic E-state index is 0.886. The third kappa shape index (κ3) is 2.89. The number of hydrogen-bond donors (Lipinski definition) is 0. The molecule has 0 spiro atoms. The van der Waals surface area contributed by atoms with Crippen LogP contribution in [-0.2, 0) is 0 Å². The number of rotatable bonds is 2. The van der Waals surface area contributed by atoms with Crippen molar-refractivity contribution in [2.24, 2.45) is 0 Å². The van der Waals surface area contributed by atoms with Gasteiger partial charge in [0.15, 0.2) is 0 Å². The van der Waals surface area contributed by atoms with Gasteiger partial charge in [-0.25, -0.2) is 4.98 Å². The van der Waals surface area contributed by atoms with Crippen LogP contribution in [0.1, 0.15) is 0 Å². The average molecular weight is 433 g/mol. The molecule has 0 amide bonds. The Morgan fingerprint density at radius 1 is 0.412 bits per heavy atom. The second-order valence-electron chi connectivity index (χ2n) is 8.65. The highest BCUT2D eigenvalue weighted by atomic mass is 14.8. The third-order valence-corrected chi connectivity index (χ3v) is 6.71. The van der Waals surface area contributed by atoms with Gasteiger partial charge in [-0.3, -0.25) is 4.98 Å². The summed E-state index contributed by atoms with van der Waals surface area (Å²) in [5, 5.41) is 7.22. The van der Waals surface area contributed by atoms with Crippen LogP contribution in [0.3, 0.4) is 0 Å². The maximum Gasteiger partial charge on any atom is 0.0979 e. The van der Waals surface area contributed by atoms with Crippen LogP contribution in [0.2, 0.25) is 0 Å². The van der Waals surface area contributed by atoms with Crippen molar-refractivity contribution in [3.63, 3.8) is 0 Å². The van der Waals surface area contributed by atoms with E-state index in [-0.39, 0.29) is 0 Å². The first-order valence-electron chi connectivity index (χ1n) is 11.5. The smallest absolute Gasteiger partial charge is 0.0979 e. The fourth-order valence-corrected chi connectivity index (χ4v) is 5.06. The predicted molar refractivity (Wildman–Crippen MR) is 143 cm³/mol. The van der Waals surface area contributed by atoms with Gasteiger partial charge in [-0.1, -0.05) is 115 Å². The van der Waals surface area contributed by atoms with E-state index in [2.05, 4.69) is 115 Å².